The van der Waals surface area contributed by atoms with Gasteiger partial charge in [-0.3, -0.25) is 4.79 Å². The first-order chi connectivity index (χ1) is 12.1. The third-order valence-electron chi connectivity index (χ3n) is 6.76. The second-order valence-corrected chi connectivity index (χ2v) is 8.49. The Morgan fingerprint density at radius 3 is 2.28 bits per heavy atom. The zero-order valence-corrected chi connectivity index (χ0v) is 15.3. The Morgan fingerprint density at radius 1 is 1.08 bits per heavy atom. The van der Waals surface area contributed by atoms with Gasteiger partial charge in [-0.1, -0.05) is 0 Å². The van der Waals surface area contributed by atoms with Crippen molar-refractivity contribution in [1.82, 2.24) is 5.32 Å². The van der Waals surface area contributed by atoms with Crippen LogP contribution in [0.25, 0.3) is 0 Å². The maximum atomic E-state index is 12.6. The van der Waals surface area contributed by atoms with Crippen molar-refractivity contribution in [2.24, 2.45) is 23.2 Å². The number of ether oxygens (including phenoxy) is 2. The first kappa shape index (κ1) is 16.7. The zero-order valence-electron chi connectivity index (χ0n) is 15.3. The van der Waals surface area contributed by atoms with E-state index in [1.807, 2.05) is 6.07 Å². The van der Waals surface area contributed by atoms with Crippen molar-refractivity contribution < 1.29 is 14.3 Å². The van der Waals surface area contributed by atoms with Crippen molar-refractivity contribution in [3.63, 3.8) is 0 Å². The van der Waals surface area contributed by atoms with E-state index >= 15 is 0 Å². The summed E-state index contributed by atoms with van der Waals surface area (Å²) in [5, 5.41) is 3.13. The lowest BCUT2D eigenvalue weighted by atomic mass is 9.49. The van der Waals surface area contributed by atoms with E-state index < -0.39 is 0 Å². The van der Waals surface area contributed by atoms with Crippen LogP contribution in [0, 0.1) is 23.2 Å². The summed E-state index contributed by atoms with van der Waals surface area (Å²) in [7, 11) is 3.20. The first-order valence-electron chi connectivity index (χ1n) is 9.61. The Kier molecular flexibility index (Phi) is 4.38. The largest absolute Gasteiger partial charge is 0.497 e. The lowest BCUT2D eigenvalue weighted by molar-refractivity contribution is -0.0564. The van der Waals surface area contributed by atoms with E-state index in [1.165, 1.54) is 38.5 Å². The van der Waals surface area contributed by atoms with Crippen molar-refractivity contribution in [3.8, 4) is 11.5 Å². The number of amides is 1. The van der Waals surface area contributed by atoms with Gasteiger partial charge in [-0.05, 0) is 86.3 Å². The molecule has 1 aromatic carbocycles. The van der Waals surface area contributed by atoms with Gasteiger partial charge in [0.25, 0.3) is 5.91 Å². The molecule has 0 radical (unpaired) electrons. The molecule has 25 heavy (non-hydrogen) atoms. The molecule has 0 heterocycles. The predicted molar refractivity (Wildman–Crippen MR) is 97.1 cm³/mol. The maximum absolute atomic E-state index is 12.6. The molecule has 5 rings (SSSR count). The van der Waals surface area contributed by atoms with Crippen LogP contribution >= 0.6 is 0 Å². The summed E-state index contributed by atoms with van der Waals surface area (Å²) in [6, 6.07) is 5.34. The molecule has 1 N–H and O–H groups in total. The van der Waals surface area contributed by atoms with E-state index in [9.17, 15) is 4.79 Å². The molecule has 1 amide bonds. The number of hydrogen-bond acceptors (Lipinski definition) is 3. The zero-order chi connectivity index (χ0) is 17.4. The third kappa shape index (κ3) is 3.23. The predicted octanol–water partition coefficient (Wildman–Crippen LogP) is 4.04. The molecule has 4 heteroatoms. The van der Waals surface area contributed by atoms with Gasteiger partial charge in [0.2, 0.25) is 0 Å². The van der Waals surface area contributed by atoms with Crippen LogP contribution in [0.2, 0.25) is 0 Å². The van der Waals surface area contributed by atoms with Gasteiger partial charge >= 0.3 is 0 Å². The molecule has 0 unspecified atom stereocenters. The number of methoxy groups -OCH3 is 2. The molecule has 0 spiro atoms. The molecule has 4 aliphatic rings. The lowest BCUT2D eigenvalue weighted by Crippen LogP contribution is -2.47. The highest BCUT2D eigenvalue weighted by molar-refractivity contribution is 5.97. The molecule has 0 aliphatic heterocycles. The molecule has 4 saturated carbocycles. The smallest absolute Gasteiger partial charge is 0.255 e. The third-order valence-corrected chi connectivity index (χ3v) is 6.76. The minimum Gasteiger partial charge on any atom is -0.497 e. The number of carbonyl (C=O) groups excluding carboxylic acids is 1. The highest BCUT2D eigenvalue weighted by atomic mass is 16.5. The summed E-state index contributed by atoms with van der Waals surface area (Å²) in [6.07, 6.45) is 9.67. The van der Waals surface area contributed by atoms with Crippen molar-refractivity contribution in [1.29, 1.82) is 0 Å². The van der Waals surface area contributed by atoms with Crippen LogP contribution in [0.15, 0.2) is 18.2 Å². The quantitative estimate of drug-likeness (QED) is 0.848. The second-order valence-electron chi connectivity index (χ2n) is 8.49. The van der Waals surface area contributed by atoms with Crippen LogP contribution in [-0.4, -0.2) is 26.7 Å². The van der Waals surface area contributed by atoms with Gasteiger partial charge in [0.15, 0.2) is 0 Å². The topological polar surface area (TPSA) is 47.6 Å². The van der Waals surface area contributed by atoms with Gasteiger partial charge in [-0.15, -0.1) is 0 Å². The van der Waals surface area contributed by atoms with E-state index in [0.29, 0.717) is 22.5 Å². The molecule has 0 saturated heterocycles. The summed E-state index contributed by atoms with van der Waals surface area (Å²) in [4.78, 5) is 12.6. The van der Waals surface area contributed by atoms with E-state index in [1.54, 1.807) is 26.4 Å². The number of carbonyl (C=O) groups is 1. The monoisotopic (exact) mass is 343 g/mol. The summed E-state index contributed by atoms with van der Waals surface area (Å²) in [5.74, 6) is 4.07. The van der Waals surface area contributed by atoms with E-state index in [0.717, 1.165) is 30.7 Å². The summed E-state index contributed by atoms with van der Waals surface area (Å²) in [5.41, 5.74) is 1.05. The Bertz CT molecular complexity index is 619. The standard InChI is InChI=1S/C21H29NO3/c1-24-17-3-4-19(25-2)18(10-17)20(23)22-6-5-21-11-14-7-15(12-21)9-16(8-14)13-21/h3-4,10,14-16H,5-9,11-13H2,1-2H3,(H,22,23). The Balaban J connectivity index is 1.38. The molecule has 1 aromatic rings. The molecule has 0 aromatic heterocycles. The minimum atomic E-state index is -0.0690. The Labute approximate surface area is 150 Å². The van der Waals surface area contributed by atoms with Crippen LogP contribution in [0.5, 0.6) is 11.5 Å². The number of nitrogens with one attached hydrogen (secondary N) is 1. The average molecular weight is 343 g/mol. The second kappa shape index (κ2) is 6.54. The molecule has 4 bridgehead atoms. The fraction of sp³-hybridized carbons (Fsp3) is 0.667. The van der Waals surface area contributed by atoms with Crippen molar-refractivity contribution >= 4 is 5.91 Å². The fourth-order valence-corrected chi connectivity index (χ4v) is 6.12. The van der Waals surface area contributed by atoms with E-state index in [4.69, 9.17) is 9.47 Å². The lowest BCUT2D eigenvalue weighted by Gasteiger charge is -2.57. The molecule has 4 nitrogen and oxygen atoms in total. The van der Waals surface area contributed by atoms with Crippen molar-refractivity contribution in [3.05, 3.63) is 23.8 Å². The molecule has 0 atom stereocenters. The fourth-order valence-electron chi connectivity index (χ4n) is 6.12. The molecule has 136 valence electrons. The maximum Gasteiger partial charge on any atom is 0.255 e. The van der Waals surface area contributed by atoms with Gasteiger partial charge in [0.05, 0.1) is 19.8 Å². The summed E-state index contributed by atoms with van der Waals surface area (Å²) >= 11 is 0. The van der Waals surface area contributed by atoms with Gasteiger partial charge in [0, 0.05) is 6.54 Å². The van der Waals surface area contributed by atoms with E-state index in [-0.39, 0.29) is 5.91 Å². The molecular formula is C21H29NO3. The highest BCUT2D eigenvalue weighted by Gasteiger charge is 2.50. The number of rotatable bonds is 6. The summed E-state index contributed by atoms with van der Waals surface area (Å²) in [6.45, 7) is 0.755. The van der Waals surface area contributed by atoms with E-state index in [2.05, 4.69) is 5.32 Å². The SMILES string of the molecule is COc1ccc(OC)c(C(=O)NCCC23CC4CC(CC(C4)C2)C3)c1. The van der Waals surface area contributed by atoms with Crippen molar-refractivity contribution in [2.75, 3.05) is 20.8 Å². The van der Waals surface area contributed by atoms with Gasteiger partial charge in [-0.25, -0.2) is 0 Å². The molecule has 4 fully saturated rings. The number of benzene rings is 1. The average Bonchev–Trinajstić information content (AvgIpc) is 2.59. The normalized spacial score (nSPS) is 32.5. The number of hydrogen-bond donors (Lipinski definition) is 1. The van der Waals surface area contributed by atoms with Gasteiger partial charge in [-0.2, -0.15) is 0 Å². The first-order valence-corrected chi connectivity index (χ1v) is 9.61. The van der Waals surface area contributed by atoms with Crippen molar-refractivity contribution in [2.45, 2.75) is 44.9 Å². The highest BCUT2D eigenvalue weighted by Crippen LogP contribution is 2.61. The van der Waals surface area contributed by atoms with Crippen LogP contribution < -0.4 is 14.8 Å². The van der Waals surface area contributed by atoms with Crippen LogP contribution in [-0.2, 0) is 0 Å². The van der Waals surface area contributed by atoms with Crippen LogP contribution in [0.4, 0.5) is 0 Å². The Morgan fingerprint density at radius 2 is 1.72 bits per heavy atom. The minimum absolute atomic E-state index is 0.0690. The molecular weight excluding hydrogens is 314 g/mol. The Hall–Kier alpha value is -1.71. The van der Waals surface area contributed by atoms with Crippen LogP contribution in [0.1, 0.15) is 55.3 Å². The van der Waals surface area contributed by atoms with Crippen LogP contribution in [0.3, 0.4) is 0 Å². The summed E-state index contributed by atoms with van der Waals surface area (Å²) < 4.78 is 10.6. The molecule has 4 aliphatic carbocycles. The van der Waals surface area contributed by atoms with Gasteiger partial charge in [0.1, 0.15) is 11.5 Å². The van der Waals surface area contributed by atoms with Gasteiger partial charge < -0.3 is 14.8 Å².